The van der Waals surface area contributed by atoms with Gasteiger partial charge in [0.1, 0.15) is 0 Å². The molecule has 3 rings (SSSR count). The minimum atomic E-state index is -0.0267. The summed E-state index contributed by atoms with van der Waals surface area (Å²) < 4.78 is 5.54. The maximum Gasteiger partial charge on any atom is 0.277 e. The summed E-state index contributed by atoms with van der Waals surface area (Å²) in [7, 11) is 0. The lowest BCUT2D eigenvalue weighted by atomic mass is 10.2. The predicted octanol–water partition coefficient (Wildman–Crippen LogP) is 3.94. The van der Waals surface area contributed by atoms with Gasteiger partial charge in [-0.3, -0.25) is 4.79 Å². The monoisotopic (exact) mass is 391 g/mol. The van der Waals surface area contributed by atoms with E-state index in [0.717, 1.165) is 16.4 Å². The van der Waals surface area contributed by atoms with Crippen molar-refractivity contribution in [3.63, 3.8) is 0 Å². The molecule has 5 nitrogen and oxygen atoms in total. The van der Waals surface area contributed by atoms with E-state index in [1.807, 2.05) is 35.7 Å². The topological polar surface area (TPSA) is 68.0 Å². The second kappa shape index (κ2) is 9.65. The molecule has 0 aliphatic heterocycles. The van der Waals surface area contributed by atoms with Gasteiger partial charge < -0.3 is 9.73 Å². The fourth-order valence-corrected chi connectivity index (χ4v) is 4.03. The van der Waals surface area contributed by atoms with Crippen molar-refractivity contribution in [1.82, 2.24) is 15.5 Å². The summed E-state index contributed by atoms with van der Waals surface area (Å²) in [6.07, 6.45) is 0. The molecule has 0 aliphatic rings. The minimum Gasteiger partial charge on any atom is -0.410 e. The van der Waals surface area contributed by atoms with Gasteiger partial charge >= 0.3 is 0 Å². The van der Waals surface area contributed by atoms with E-state index in [1.165, 1.54) is 17.3 Å². The second-order valence-electron chi connectivity index (χ2n) is 5.03. The molecular formula is C17H17N3O2S3. The number of thiophene rings is 1. The van der Waals surface area contributed by atoms with Crippen LogP contribution in [-0.2, 0) is 10.5 Å². The first kappa shape index (κ1) is 18.0. The Bertz CT molecular complexity index is 776. The average molecular weight is 392 g/mol. The van der Waals surface area contributed by atoms with Crippen LogP contribution in [0.15, 0.2) is 57.5 Å². The molecule has 0 atom stereocenters. The lowest BCUT2D eigenvalue weighted by Crippen LogP contribution is -2.27. The van der Waals surface area contributed by atoms with Gasteiger partial charge in [-0.1, -0.05) is 48.2 Å². The predicted molar refractivity (Wildman–Crippen MR) is 104 cm³/mol. The van der Waals surface area contributed by atoms with Crippen molar-refractivity contribution in [3.05, 3.63) is 53.4 Å². The highest BCUT2D eigenvalue weighted by molar-refractivity contribution is 7.99. The second-order valence-corrected chi connectivity index (χ2v) is 8.01. The van der Waals surface area contributed by atoms with Gasteiger partial charge in [0.15, 0.2) is 0 Å². The summed E-state index contributed by atoms with van der Waals surface area (Å²) in [6.45, 7) is 0.654. The van der Waals surface area contributed by atoms with E-state index in [0.29, 0.717) is 17.7 Å². The van der Waals surface area contributed by atoms with Crippen LogP contribution in [0.4, 0.5) is 0 Å². The average Bonchev–Trinajstić information content (AvgIpc) is 3.32. The first-order valence-electron chi connectivity index (χ1n) is 7.70. The molecule has 8 heteroatoms. The molecule has 130 valence electrons. The lowest BCUT2D eigenvalue weighted by molar-refractivity contribution is -0.118. The highest BCUT2D eigenvalue weighted by Crippen LogP contribution is 2.26. The van der Waals surface area contributed by atoms with E-state index in [-0.39, 0.29) is 11.7 Å². The zero-order valence-electron chi connectivity index (χ0n) is 13.4. The molecule has 0 fully saturated rings. The molecule has 0 spiro atoms. The Balaban J connectivity index is 1.30. The first-order valence-corrected chi connectivity index (χ1v) is 10.7. The molecule has 0 aliphatic carbocycles. The number of nitrogens with one attached hydrogen (secondary N) is 1. The highest BCUT2D eigenvalue weighted by Gasteiger charge is 2.11. The molecule has 2 heterocycles. The number of hydrogen-bond acceptors (Lipinski definition) is 7. The number of rotatable bonds is 9. The molecule has 0 bridgehead atoms. The van der Waals surface area contributed by atoms with Crippen LogP contribution >= 0.6 is 34.9 Å². The van der Waals surface area contributed by atoms with E-state index in [2.05, 4.69) is 27.6 Å². The molecule has 1 N–H and O–H groups in total. The number of carbonyl (C=O) groups is 1. The molecule has 0 saturated carbocycles. The maximum absolute atomic E-state index is 11.9. The number of amides is 1. The van der Waals surface area contributed by atoms with E-state index in [1.54, 1.807) is 23.1 Å². The van der Waals surface area contributed by atoms with Crippen molar-refractivity contribution in [2.75, 3.05) is 18.1 Å². The third-order valence-corrected chi connectivity index (χ3v) is 5.85. The standard InChI is InChI=1S/C17H17N3O2S3/c21-15(18-8-10-23-11-13-5-2-1-3-6-13)12-25-17-20-19-16(22-17)14-7-4-9-24-14/h1-7,9H,8,10-12H2,(H,18,21). The van der Waals surface area contributed by atoms with Gasteiger partial charge in [0, 0.05) is 18.1 Å². The summed E-state index contributed by atoms with van der Waals surface area (Å²) in [6, 6.07) is 14.2. The van der Waals surface area contributed by atoms with Gasteiger partial charge in [0.2, 0.25) is 5.91 Å². The molecule has 1 amide bonds. The summed E-state index contributed by atoms with van der Waals surface area (Å²) >= 11 is 4.60. The number of aromatic nitrogens is 2. The third-order valence-electron chi connectivity index (χ3n) is 3.15. The smallest absolute Gasteiger partial charge is 0.277 e. The molecule has 2 aromatic heterocycles. The van der Waals surface area contributed by atoms with Crippen LogP contribution in [-0.4, -0.2) is 34.2 Å². The third kappa shape index (κ3) is 5.91. The quantitative estimate of drug-likeness (QED) is 0.440. The highest BCUT2D eigenvalue weighted by atomic mass is 32.2. The van der Waals surface area contributed by atoms with Crippen molar-refractivity contribution < 1.29 is 9.21 Å². The largest absolute Gasteiger partial charge is 0.410 e. The molecule has 0 unspecified atom stereocenters. The zero-order valence-corrected chi connectivity index (χ0v) is 15.8. The zero-order chi connectivity index (χ0) is 17.3. The Morgan fingerprint density at radius 1 is 1.16 bits per heavy atom. The van der Waals surface area contributed by atoms with Crippen molar-refractivity contribution in [1.29, 1.82) is 0 Å². The van der Waals surface area contributed by atoms with Gasteiger partial charge in [-0.15, -0.1) is 21.5 Å². The summed E-state index contributed by atoms with van der Waals surface area (Å²) in [4.78, 5) is 12.8. The van der Waals surface area contributed by atoms with Crippen LogP contribution in [0.5, 0.6) is 0 Å². The number of benzene rings is 1. The Kier molecular flexibility index (Phi) is 6.96. The Morgan fingerprint density at radius 3 is 2.84 bits per heavy atom. The maximum atomic E-state index is 11.9. The number of nitrogens with zero attached hydrogens (tertiary/aromatic N) is 2. The van der Waals surface area contributed by atoms with Crippen molar-refractivity contribution >= 4 is 40.8 Å². The summed E-state index contributed by atoms with van der Waals surface area (Å²) in [5.74, 6) is 2.58. The van der Waals surface area contributed by atoms with Crippen LogP contribution in [0.3, 0.4) is 0 Å². The number of hydrogen-bond donors (Lipinski definition) is 1. The Labute approximate surface area is 158 Å². The minimum absolute atomic E-state index is 0.0267. The van der Waals surface area contributed by atoms with Gasteiger partial charge in [0.05, 0.1) is 10.6 Å². The molecule has 25 heavy (non-hydrogen) atoms. The fourth-order valence-electron chi connectivity index (χ4n) is 1.97. The first-order chi connectivity index (χ1) is 12.3. The van der Waals surface area contributed by atoms with Crippen LogP contribution in [0, 0.1) is 0 Å². The van der Waals surface area contributed by atoms with Gasteiger partial charge in [-0.05, 0) is 17.0 Å². The van der Waals surface area contributed by atoms with E-state index >= 15 is 0 Å². The van der Waals surface area contributed by atoms with Crippen molar-refractivity contribution in [2.24, 2.45) is 0 Å². The molecule has 3 aromatic rings. The van der Waals surface area contributed by atoms with Gasteiger partial charge in [-0.25, -0.2) is 0 Å². The van der Waals surface area contributed by atoms with Crippen molar-refractivity contribution in [2.45, 2.75) is 11.0 Å². The Hall–Kier alpha value is -1.77. The normalized spacial score (nSPS) is 10.7. The SMILES string of the molecule is O=C(CSc1nnc(-c2cccs2)o1)NCCSCc1ccccc1. The lowest BCUT2D eigenvalue weighted by Gasteiger charge is -2.04. The number of thioether (sulfide) groups is 2. The molecule has 1 aromatic carbocycles. The Morgan fingerprint density at radius 2 is 2.04 bits per heavy atom. The van der Waals surface area contributed by atoms with E-state index in [4.69, 9.17) is 4.42 Å². The summed E-state index contributed by atoms with van der Waals surface area (Å²) in [5.41, 5.74) is 1.30. The van der Waals surface area contributed by atoms with Crippen LogP contribution in [0.2, 0.25) is 0 Å². The molecule has 0 saturated heterocycles. The van der Waals surface area contributed by atoms with E-state index < -0.39 is 0 Å². The van der Waals surface area contributed by atoms with Crippen LogP contribution in [0.1, 0.15) is 5.56 Å². The van der Waals surface area contributed by atoms with Gasteiger partial charge in [-0.2, -0.15) is 11.8 Å². The number of carbonyl (C=O) groups excluding carboxylic acids is 1. The van der Waals surface area contributed by atoms with Crippen molar-refractivity contribution in [3.8, 4) is 10.8 Å². The van der Waals surface area contributed by atoms with Crippen LogP contribution in [0.25, 0.3) is 10.8 Å². The molecular weight excluding hydrogens is 374 g/mol. The summed E-state index contributed by atoms with van der Waals surface area (Å²) in [5, 5.41) is 13.2. The van der Waals surface area contributed by atoms with Gasteiger partial charge in [0.25, 0.3) is 11.1 Å². The fraction of sp³-hybridized carbons (Fsp3) is 0.235. The molecule has 0 radical (unpaired) electrons. The van der Waals surface area contributed by atoms with Crippen LogP contribution < -0.4 is 5.32 Å². The van der Waals surface area contributed by atoms with E-state index in [9.17, 15) is 4.79 Å².